The van der Waals surface area contributed by atoms with Crippen LogP contribution in [-0.2, 0) is 28.5 Å². The fourth-order valence-electron chi connectivity index (χ4n) is 5.51. The number of carbonyl (C=O) groups is 1. The molecule has 8 atom stereocenters. The maximum absolute atomic E-state index is 12.7. The van der Waals surface area contributed by atoms with Crippen molar-refractivity contribution >= 4 is 5.97 Å². The average molecular weight is 512 g/mol. The Balaban J connectivity index is 2.56. The maximum Gasteiger partial charge on any atom is 0.340 e. The molecule has 8 heteroatoms. The molecule has 0 aromatic carbocycles. The van der Waals surface area contributed by atoms with Crippen LogP contribution in [0.3, 0.4) is 0 Å². The van der Waals surface area contributed by atoms with Crippen LogP contribution in [0.5, 0.6) is 0 Å². The lowest BCUT2D eigenvalue weighted by Gasteiger charge is -2.48. The summed E-state index contributed by atoms with van der Waals surface area (Å²) in [6.45, 7) is 19.5. The van der Waals surface area contributed by atoms with Crippen LogP contribution in [0.1, 0.15) is 68.2 Å². The third-order valence-electron chi connectivity index (χ3n) is 7.36. The van der Waals surface area contributed by atoms with Crippen molar-refractivity contribution < 1.29 is 33.6 Å². The molecular weight excluding hydrogens is 462 g/mol. The Morgan fingerprint density at radius 1 is 1.28 bits per heavy atom. The van der Waals surface area contributed by atoms with E-state index in [9.17, 15) is 9.90 Å². The standard InChI is InChI=1S/C28H49NO7/c1-12-13-32-28(9,15-17(2)16-30)24(20(5)23-21(6)25(31)36-27(7,8)35-23)34-26-19(4)22(29(10)11)14-18(3)33-26/h12,17-20,22,24,26,30H,1,13-16H2,2-11H3/t17-,18-,19?,20+,22?,24-,26+,28-/m1/s1. The molecule has 1 fully saturated rings. The number of aliphatic hydroxyl groups is 1. The number of hydrogen-bond donors (Lipinski definition) is 1. The molecule has 0 aromatic rings. The molecule has 36 heavy (non-hydrogen) atoms. The molecule has 1 N–H and O–H groups in total. The number of hydrogen-bond acceptors (Lipinski definition) is 8. The molecule has 0 amide bonds. The molecule has 0 bridgehead atoms. The SMILES string of the molecule is C=CCO[C@](C)(C[C@@H](C)CO)[C@H](O[C@@H]1O[C@H](C)CC(N(C)C)C1C)[C@@H](C)C1=C(C)C(=O)OC(C)(C)O1. The number of carbonyl (C=O) groups excluding carboxylic acids is 1. The first kappa shape index (κ1) is 30.8. The van der Waals surface area contributed by atoms with Gasteiger partial charge in [-0.25, -0.2) is 4.79 Å². The van der Waals surface area contributed by atoms with Gasteiger partial charge in [0.25, 0.3) is 0 Å². The fraction of sp³-hybridized carbons (Fsp3) is 0.821. The van der Waals surface area contributed by atoms with Crippen molar-refractivity contribution in [2.45, 2.75) is 104 Å². The molecule has 0 saturated carbocycles. The molecule has 2 aliphatic rings. The van der Waals surface area contributed by atoms with Crippen LogP contribution in [0.25, 0.3) is 0 Å². The van der Waals surface area contributed by atoms with E-state index in [1.54, 1.807) is 26.8 Å². The van der Waals surface area contributed by atoms with E-state index in [0.29, 0.717) is 24.4 Å². The lowest BCUT2D eigenvalue weighted by atomic mass is 9.80. The van der Waals surface area contributed by atoms with E-state index in [-0.39, 0.29) is 36.5 Å². The topological polar surface area (TPSA) is 86.7 Å². The Morgan fingerprint density at radius 3 is 2.47 bits per heavy atom. The fourth-order valence-corrected chi connectivity index (χ4v) is 5.51. The highest BCUT2D eigenvalue weighted by atomic mass is 16.7. The van der Waals surface area contributed by atoms with E-state index >= 15 is 0 Å². The highest BCUT2D eigenvalue weighted by Gasteiger charge is 2.49. The second-order valence-electron chi connectivity index (χ2n) is 11.6. The molecule has 2 rings (SSSR count). The minimum atomic E-state index is -1.10. The smallest absolute Gasteiger partial charge is 0.340 e. The summed E-state index contributed by atoms with van der Waals surface area (Å²) in [5.74, 6) is -1.31. The lowest BCUT2D eigenvalue weighted by Crippen LogP contribution is -2.56. The quantitative estimate of drug-likeness (QED) is 0.307. The zero-order chi connectivity index (χ0) is 27.4. The summed E-state index contributed by atoms with van der Waals surface area (Å²) in [5, 5.41) is 9.89. The Morgan fingerprint density at radius 2 is 1.92 bits per heavy atom. The Hall–Kier alpha value is -1.45. The van der Waals surface area contributed by atoms with Gasteiger partial charge in [0.15, 0.2) is 6.29 Å². The Bertz CT molecular complexity index is 795. The molecule has 8 nitrogen and oxygen atoms in total. The van der Waals surface area contributed by atoms with Crippen LogP contribution < -0.4 is 0 Å². The summed E-state index contributed by atoms with van der Waals surface area (Å²) < 4.78 is 31.3. The summed E-state index contributed by atoms with van der Waals surface area (Å²) in [5.41, 5.74) is -0.427. The minimum Gasteiger partial charge on any atom is -0.456 e. The Labute approximate surface area is 217 Å². The van der Waals surface area contributed by atoms with Gasteiger partial charge in [-0.1, -0.05) is 26.8 Å². The largest absolute Gasteiger partial charge is 0.456 e. The van der Waals surface area contributed by atoms with Gasteiger partial charge < -0.3 is 33.7 Å². The number of ether oxygens (including phenoxy) is 5. The van der Waals surface area contributed by atoms with Gasteiger partial charge in [0, 0.05) is 38.3 Å². The number of rotatable bonds is 12. The first-order valence-electron chi connectivity index (χ1n) is 13.1. The molecule has 0 spiro atoms. The normalized spacial score (nSPS) is 30.7. The molecule has 0 aliphatic carbocycles. The second kappa shape index (κ2) is 12.4. The van der Waals surface area contributed by atoms with Crippen molar-refractivity contribution in [2.75, 3.05) is 27.3 Å². The highest BCUT2D eigenvalue weighted by Crippen LogP contribution is 2.41. The third kappa shape index (κ3) is 7.32. The molecule has 1 saturated heterocycles. The highest BCUT2D eigenvalue weighted by molar-refractivity contribution is 5.89. The van der Waals surface area contributed by atoms with Gasteiger partial charge in [-0.2, -0.15) is 0 Å². The second-order valence-corrected chi connectivity index (χ2v) is 11.6. The molecule has 2 unspecified atom stereocenters. The lowest BCUT2D eigenvalue weighted by molar-refractivity contribution is -0.287. The van der Waals surface area contributed by atoms with Crippen LogP contribution >= 0.6 is 0 Å². The van der Waals surface area contributed by atoms with Crippen LogP contribution in [-0.4, -0.2) is 79.2 Å². The Kier molecular flexibility index (Phi) is 10.6. The van der Waals surface area contributed by atoms with Crippen LogP contribution in [0, 0.1) is 17.8 Å². The minimum absolute atomic E-state index is 0.0157. The monoisotopic (exact) mass is 511 g/mol. The van der Waals surface area contributed by atoms with Crippen LogP contribution in [0.15, 0.2) is 24.0 Å². The van der Waals surface area contributed by atoms with Gasteiger partial charge in [0.1, 0.15) is 5.76 Å². The van der Waals surface area contributed by atoms with Crippen molar-refractivity contribution in [1.29, 1.82) is 0 Å². The molecule has 2 aliphatic heterocycles. The van der Waals surface area contributed by atoms with Crippen molar-refractivity contribution in [3.63, 3.8) is 0 Å². The first-order chi connectivity index (χ1) is 16.7. The summed E-state index contributed by atoms with van der Waals surface area (Å²) >= 11 is 0. The van der Waals surface area contributed by atoms with Crippen molar-refractivity contribution in [3.8, 4) is 0 Å². The number of nitrogens with zero attached hydrogens (tertiary/aromatic N) is 1. The van der Waals surface area contributed by atoms with E-state index in [0.717, 1.165) is 6.42 Å². The van der Waals surface area contributed by atoms with E-state index in [1.807, 2.05) is 20.8 Å². The summed E-state index contributed by atoms with van der Waals surface area (Å²) in [6, 6.07) is 0.284. The maximum atomic E-state index is 12.7. The van der Waals surface area contributed by atoms with Crippen molar-refractivity contribution in [1.82, 2.24) is 4.90 Å². The molecule has 2 heterocycles. The van der Waals surface area contributed by atoms with Crippen molar-refractivity contribution in [3.05, 3.63) is 24.0 Å². The predicted molar refractivity (Wildman–Crippen MR) is 139 cm³/mol. The number of cyclic esters (lactones) is 1. The third-order valence-corrected chi connectivity index (χ3v) is 7.36. The predicted octanol–water partition coefficient (Wildman–Crippen LogP) is 4.27. The molecule has 0 aromatic heterocycles. The van der Waals surface area contributed by atoms with Crippen molar-refractivity contribution in [2.24, 2.45) is 17.8 Å². The van der Waals surface area contributed by atoms with Gasteiger partial charge in [0.05, 0.1) is 30.0 Å². The average Bonchev–Trinajstić information content (AvgIpc) is 2.79. The van der Waals surface area contributed by atoms with E-state index < -0.39 is 29.8 Å². The summed E-state index contributed by atoms with van der Waals surface area (Å²) in [7, 11) is 4.16. The van der Waals surface area contributed by atoms with E-state index in [4.69, 9.17) is 23.7 Å². The first-order valence-corrected chi connectivity index (χ1v) is 13.1. The zero-order valence-corrected chi connectivity index (χ0v) is 24.0. The summed E-state index contributed by atoms with van der Waals surface area (Å²) in [4.78, 5) is 14.9. The van der Waals surface area contributed by atoms with E-state index in [2.05, 4.69) is 39.4 Å². The van der Waals surface area contributed by atoms with Crippen LogP contribution in [0.4, 0.5) is 0 Å². The summed E-state index contributed by atoms with van der Waals surface area (Å²) in [6.07, 6.45) is 2.11. The number of esters is 1. The van der Waals surface area contributed by atoms with E-state index in [1.165, 1.54) is 0 Å². The van der Waals surface area contributed by atoms with Gasteiger partial charge in [-0.3, -0.25) is 0 Å². The molecule has 0 radical (unpaired) electrons. The van der Waals surface area contributed by atoms with Gasteiger partial charge in [0.2, 0.25) is 5.79 Å². The molecule has 208 valence electrons. The zero-order valence-electron chi connectivity index (χ0n) is 24.0. The van der Waals surface area contributed by atoms with Gasteiger partial charge in [-0.15, -0.1) is 6.58 Å². The van der Waals surface area contributed by atoms with Gasteiger partial charge in [-0.05, 0) is 53.6 Å². The van der Waals surface area contributed by atoms with Crippen LogP contribution in [0.2, 0.25) is 0 Å². The molecular formula is C28H49NO7. The van der Waals surface area contributed by atoms with Gasteiger partial charge >= 0.3 is 5.97 Å². The number of aliphatic hydroxyl groups excluding tert-OH is 1.